The Balaban J connectivity index is 1.75. The van der Waals surface area contributed by atoms with Crippen molar-refractivity contribution in [2.75, 3.05) is 5.32 Å². The van der Waals surface area contributed by atoms with Crippen LogP contribution in [-0.2, 0) is 7.05 Å². The summed E-state index contributed by atoms with van der Waals surface area (Å²) in [6.07, 6.45) is 3.72. The molecule has 2 heterocycles. The van der Waals surface area contributed by atoms with Gasteiger partial charge >= 0.3 is 0 Å². The summed E-state index contributed by atoms with van der Waals surface area (Å²) in [5.41, 5.74) is 2.70. The second kappa shape index (κ2) is 5.61. The SMILES string of the molecule is Cn1ccnc1[C@H](Nc1nc2ccccc2o1)c1ccccc1. The number of fused-ring (bicyclic) bond motifs is 1. The molecule has 5 heteroatoms. The maximum atomic E-state index is 5.80. The van der Waals surface area contributed by atoms with E-state index in [0.29, 0.717) is 6.01 Å². The van der Waals surface area contributed by atoms with Crippen LogP contribution >= 0.6 is 0 Å². The third kappa shape index (κ3) is 2.57. The molecule has 4 aromatic rings. The third-order valence-electron chi connectivity index (χ3n) is 3.81. The molecule has 0 amide bonds. The molecule has 5 nitrogen and oxygen atoms in total. The van der Waals surface area contributed by atoms with Crippen molar-refractivity contribution < 1.29 is 4.42 Å². The van der Waals surface area contributed by atoms with Gasteiger partial charge < -0.3 is 14.3 Å². The van der Waals surface area contributed by atoms with Gasteiger partial charge in [-0.3, -0.25) is 0 Å². The van der Waals surface area contributed by atoms with Crippen LogP contribution < -0.4 is 5.32 Å². The molecule has 1 N–H and O–H groups in total. The van der Waals surface area contributed by atoms with Crippen molar-refractivity contribution in [3.8, 4) is 0 Å². The number of benzene rings is 2. The Morgan fingerprint density at radius 2 is 1.83 bits per heavy atom. The fourth-order valence-electron chi connectivity index (χ4n) is 2.66. The highest BCUT2D eigenvalue weighted by atomic mass is 16.4. The van der Waals surface area contributed by atoms with Crippen LogP contribution in [0.4, 0.5) is 6.01 Å². The first-order valence-corrected chi connectivity index (χ1v) is 7.45. The Bertz CT molecular complexity index is 893. The number of para-hydroxylation sites is 2. The molecule has 0 aliphatic rings. The molecule has 0 fully saturated rings. The highest BCUT2D eigenvalue weighted by Gasteiger charge is 2.20. The minimum atomic E-state index is -0.135. The zero-order chi connectivity index (χ0) is 15.6. The Labute approximate surface area is 133 Å². The van der Waals surface area contributed by atoms with Gasteiger partial charge in [0.2, 0.25) is 0 Å². The molecule has 0 bridgehead atoms. The first kappa shape index (κ1) is 13.6. The van der Waals surface area contributed by atoms with Crippen molar-refractivity contribution in [1.82, 2.24) is 14.5 Å². The van der Waals surface area contributed by atoms with Crippen LogP contribution in [0, 0.1) is 0 Å². The molecular weight excluding hydrogens is 288 g/mol. The van der Waals surface area contributed by atoms with Gasteiger partial charge in [0.1, 0.15) is 17.4 Å². The first-order valence-electron chi connectivity index (χ1n) is 7.45. The minimum absolute atomic E-state index is 0.135. The van der Waals surface area contributed by atoms with Crippen LogP contribution in [0.1, 0.15) is 17.4 Å². The summed E-state index contributed by atoms with van der Waals surface area (Å²) < 4.78 is 7.79. The van der Waals surface area contributed by atoms with Gasteiger partial charge in [-0.2, -0.15) is 4.98 Å². The molecule has 114 valence electrons. The van der Waals surface area contributed by atoms with Gasteiger partial charge in [0.25, 0.3) is 6.01 Å². The third-order valence-corrected chi connectivity index (χ3v) is 3.81. The number of nitrogens with one attached hydrogen (secondary N) is 1. The van der Waals surface area contributed by atoms with Crippen LogP contribution in [-0.4, -0.2) is 14.5 Å². The fourth-order valence-corrected chi connectivity index (χ4v) is 2.66. The van der Waals surface area contributed by atoms with E-state index in [1.807, 2.05) is 60.3 Å². The molecule has 0 unspecified atom stereocenters. The largest absolute Gasteiger partial charge is 0.424 e. The number of aromatic nitrogens is 3. The van der Waals surface area contributed by atoms with Gasteiger partial charge in [0.05, 0.1) is 0 Å². The van der Waals surface area contributed by atoms with E-state index in [4.69, 9.17) is 4.42 Å². The van der Waals surface area contributed by atoms with Crippen LogP contribution in [0.2, 0.25) is 0 Å². The lowest BCUT2D eigenvalue weighted by atomic mass is 10.1. The first-order chi connectivity index (χ1) is 11.3. The molecule has 1 atom stereocenters. The summed E-state index contributed by atoms with van der Waals surface area (Å²) in [7, 11) is 1.98. The van der Waals surface area contributed by atoms with Crippen molar-refractivity contribution in [3.63, 3.8) is 0 Å². The minimum Gasteiger partial charge on any atom is -0.424 e. The monoisotopic (exact) mass is 304 g/mol. The Kier molecular flexibility index (Phi) is 3.31. The lowest BCUT2D eigenvalue weighted by Gasteiger charge is -2.17. The molecule has 0 spiro atoms. The summed E-state index contributed by atoms with van der Waals surface area (Å²) in [5, 5.41) is 3.37. The molecule has 4 rings (SSSR count). The number of hydrogen-bond donors (Lipinski definition) is 1. The second-order valence-electron chi connectivity index (χ2n) is 5.37. The summed E-state index contributed by atoms with van der Waals surface area (Å²) in [5.74, 6) is 0.901. The molecule has 2 aromatic carbocycles. The average Bonchev–Trinajstić information content (AvgIpc) is 3.19. The van der Waals surface area contributed by atoms with Crippen molar-refractivity contribution in [3.05, 3.63) is 78.4 Å². The molecule has 23 heavy (non-hydrogen) atoms. The Morgan fingerprint density at radius 1 is 1.04 bits per heavy atom. The molecule has 0 saturated heterocycles. The molecular formula is C18H16N4O. The van der Waals surface area contributed by atoms with Crippen molar-refractivity contribution in [2.24, 2.45) is 7.05 Å². The van der Waals surface area contributed by atoms with Gasteiger partial charge in [-0.15, -0.1) is 0 Å². The maximum Gasteiger partial charge on any atom is 0.296 e. The van der Waals surface area contributed by atoms with Crippen molar-refractivity contribution in [1.29, 1.82) is 0 Å². The summed E-state index contributed by atoms with van der Waals surface area (Å²) in [6, 6.07) is 18.2. The van der Waals surface area contributed by atoms with Gasteiger partial charge in [-0.25, -0.2) is 4.98 Å². The van der Waals surface area contributed by atoms with E-state index in [1.54, 1.807) is 6.20 Å². The van der Waals surface area contributed by atoms with Crippen LogP contribution in [0.25, 0.3) is 11.1 Å². The Morgan fingerprint density at radius 3 is 2.57 bits per heavy atom. The van der Waals surface area contributed by atoms with E-state index in [0.717, 1.165) is 22.5 Å². The number of rotatable bonds is 4. The molecule has 0 aliphatic carbocycles. The smallest absolute Gasteiger partial charge is 0.296 e. The van der Waals surface area contributed by atoms with Crippen LogP contribution in [0.3, 0.4) is 0 Å². The van der Waals surface area contributed by atoms with Crippen LogP contribution in [0.15, 0.2) is 71.4 Å². The highest BCUT2D eigenvalue weighted by molar-refractivity contribution is 5.74. The van der Waals surface area contributed by atoms with E-state index in [9.17, 15) is 0 Å². The number of anilines is 1. The van der Waals surface area contributed by atoms with Crippen molar-refractivity contribution >= 4 is 17.1 Å². The van der Waals surface area contributed by atoms with E-state index in [2.05, 4.69) is 27.4 Å². The van der Waals surface area contributed by atoms with E-state index >= 15 is 0 Å². The fraction of sp³-hybridized carbons (Fsp3) is 0.111. The molecule has 0 aliphatic heterocycles. The number of hydrogen-bond acceptors (Lipinski definition) is 4. The highest BCUT2D eigenvalue weighted by Crippen LogP contribution is 2.27. The van der Waals surface area contributed by atoms with Crippen LogP contribution in [0.5, 0.6) is 0 Å². The van der Waals surface area contributed by atoms with Gasteiger partial charge in [0.15, 0.2) is 5.58 Å². The van der Waals surface area contributed by atoms with Gasteiger partial charge in [-0.05, 0) is 17.7 Å². The zero-order valence-electron chi connectivity index (χ0n) is 12.7. The molecule has 2 aromatic heterocycles. The predicted octanol–water partition coefficient (Wildman–Crippen LogP) is 3.76. The quantitative estimate of drug-likeness (QED) is 0.623. The van der Waals surface area contributed by atoms with E-state index in [1.165, 1.54) is 0 Å². The van der Waals surface area contributed by atoms with E-state index in [-0.39, 0.29) is 6.04 Å². The summed E-state index contributed by atoms with van der Waals surface area (Å²) in [4.78, 5) is 8.98. The van der Waals surface area contributed by atoms with Crippen molar-refractivity contribution in [2.45, 2.75) is 6.04 Å². The normalized spacial score (nSPS) is 12.4. The molecule has 0 saturated carbocycles. The number of aryl methyl sites for hydroxylation is 1. The summed E-state index contributed by atoms with van der Waals surface area (Å²) in [6.45, 7) is 0. The van der Waals surface area contributed by atoms with E-state index < -0.39 is 0 Å². The lowest BCUT2D eigenvalue weighted by molar-refractivity contribution is 0.600. The van der Waals surface area contributed by atoms with Gasteiger partial charge in [0, 0.05) is 19.4 Å². The Hall–Kier alpha value is -3.08. The second-order valence-corrected chi connectivity index (χ2v) is 5.37. The lowest BCUT2D eigenvalue weighted by Crippen LogP contribution is -2.16. The predicted molar refractivity (Wildman–Crippen MR) is 89.1 cm³/mol. The number of oxazole rings is 1. The van der Waals surface area contributed by atoms with Gasteiger partial charge in [-0.1, -0.05) is 42.5 Å². The topological polar surface area (TPSA) is 55.9 Å². The molecule has 0 radical (unpaired) electrons. The number of imidazole rings is 1. The zero-order valence-corrected chi connectivity index (χ0v) is 12.7. The maximum absolute atomic E-state index is 5.80. The number of nitrogens with zero attached hydrogens (tertiary/aromatic N) is 3. The standard InChI is InChI=1S/C18H16N4O/c1-22-12-11-19-17(22)16(13-7-3-2-4-8-13)21-18-20-14-9-5-6-10-15(14)23-18/h2-12,16H,1H3,(H,20,21)/t16-/m1/s1. The summed E-state index contributed by atoms with van der Waals surface area (Å²) >= 11 is 0. The average molecular weight is 304 g/mol.